The fraction of sp³-hybridized carbons (Fsp3) is 0.364. The van der Waals surface area contributed by atoms with Crippen molar-refractivity contribution in [3.63, 3.8) is 0 Å². The molecule has 1 aliphatic rings. The van der Waals surface area contributed by atoms with E-state index in [9.17, 15) is 18.0 Å². The van der Waals surface area contributed by atoms with Crippen molar-refractivity contribution in [1.82, 2.24) is 9.62 Å². The zero-order chi connectivity index (χ0) is 23.1. The van der Waals surface area contributed by atoms with Gasteiger partial charge in [-0.3, -0.25) is 9.59 Å². The first kappa shape index (κ1) is 23.7. The summed E-state index contributed by atoms with van der Waals surface area (Å²) in [5, 5.41) is 5.34. The molecule has 1 fully saturated rings. The van der Waals surface area contributed by atoms with Gasteiger partial charge in [-0.05, 0) is 42.0 Å². The van der Waals surface area contributed by atoms with Crippen molar-refractivity contribution in [2.75, 3.05) is 50.1 Å². The molecule has 3 rings (SSSR count). The average molecular weight is 461 g/mol. The topological polar surface area (TPSA) is 108 Å². The summed E-state index contributed by atoms with van der Waals surface area (Å²) in [6.07, 6.45) is 0. The van der Waals surface area contributed by atoms with Crippen LogP contribution in [-0.4, -0.2) is 64.4 Å². The lowest BCUT2D eigenvalue weighted by atomic mass is 10.2. The number of rotatable bonds is 8. The molecule has 10 heteroatoms. The lowest BCUT2D eigenvalue weighted by Gasteiger charge is -2.28. The number of morpholine rings is 1. The minimum atomic E-state index is -3.84. The third-order valence-corrected chi connectivity index (χ3v) is 6.87. The quantitative estimate of drug-likeness (QED) is 0.617. The summed E-state index contributed by atoms with van der Waals surface area (Å²) in [5.74, 6) is -0.645. The minimum absolute atomic E-state index is 0.0422. The van der Waals surface area contributed by atoms with Gasteiger partial charge in [0, 0.05) is 45.0 Å². The van der Waals surface area contributed by atoms with Gasteiger partial charge in [-0.2, -0.15) is 4.31 Å². The molecule has 0 unspecified atom stereocenters. The largest absolute Gasteiger partial charge is 0.378 e. The van der Waals surface area contributed by atoms with Crippen LogP contribution in [0.25, 0.3) is 0 Å². The molecule has 0 aliphatic carbocycles. The molecule has 0 bridgehead atoms. The van der Waals surface area contributed by atoms with Crippen LogP contribution in [0, 0.1) is 0 Å². The second kappa shape index (κ2) is 10.6. The van der Waals surface area contributed by atoms with Crippen molar-refractivity contribution in [2.45, 2.75) is 18.4 Å². The lowest BCUT2D eigenvalue weighted by Crippen LogP contribution is -2.38. The van der Waals surface area contributed by atoms with Crippen LogP contribution in [0.2, 0.25) is 0 Å². The van der Waals surface area contributed by atoms with Crippen LogP contribution in [-0.2, 0) is 30.9 Å². The van der Waals surface area contributed by atoms with Crippen LogP contribution < -0.4 is 15.5 Å². The fourth-order valence-corrected chi connectivity index (χ4v) is 4.41. The van der Waals surface area contributed by atoms with E-state index in [2.05, 4.69) is 15.5 Å². The third kappa shape index (κ3) is 6.28. The van der Waals surface area contributed by atoms with Crippen LogP contribution >= 0.6 is 0 Å². The molecule has 2 N–H and O–H groups in total. The standard InChI is InChI=1S/C22H28N4O5S/c1-17(27)24-19-5-9-21(10-6-19)32(29,30)25(2)16-22(28)23-15-18-3-7-20(8-4-18)26-11-13-31-14-12-26/h3-10H,11-16H2,1-2H3,(H,23,28)(H,24,27). The number of likely N-dealkylation sites (N-methyl/N-ethyl adjacent to an activating group) is 1. The summed E-state index contributed by atoms with van der Waals surface area (Å²) in [6.45, 7) is 4.51. The van der Waals surface area contributed by atoms with Gasteiger partial charge in [0.15, 0.2) is 0 Å². The number of hydrogen-bond donors (Lipinski definition) is 2. The van der Waals surface area contributed by atoms with E-state index < -0.39 is 15.9 Å². The maximum absolute atomic E-state index is 12.7. The number of sulfonamides is 1. The molecular weight excluding hydrogens is 432 g/mol. The number of anilines is 2. The van der Waals surface area contributed by atoms with Crippen molar-refractivity contribution in [2.24, 2.45) is 0 Å². The highest BCUT2D eigenvalue weighted by molar-refractivity contribution is 7.89. The Labute approximate surface area is 188 Å². The van der Waals surface area contributed by atoms with E-state index in [1.54, 1.807) is 0 Å². The Morgan fingerprint density at radius 2 is 1.66 bits per heavy atom. The SMILES string of the molecule is CC(=O)Nc1ccc(S(=O)(=O)N(C)CC(=O)NCc2ccc(N3CCOCC3)cc2)cc1. The number of carbonyl (C=O) groups excluding carboxylic acids is 2. The van der Waals surface area contributed by atoms with Gasteiger partial charge < -0.3 is 20.3 Å². The molecule has 9 nitrogen and oxygen atoms in total. The summed E-state index contributed by atoms with van der Waals surface area (Å²) < 4.78 is 31.8. The van der Waals surface area contributed by atoms with Gasteiger partial charge in [0.25, 0.3) is 0 Å². The number of benzene rings is 2. The second-order valence-corrected chi connectivity index (χ2v) is 9.55. The van der Waals surface area contributed by atoms with Crippen molar-refractivity contribution in [3.8, 4) is 0 Å². The Hall–Kier alpha value is -2.95. The Balaban J connectivity index is 1.52. The van der Waals surface area contributed by atoms with Crippen molar-refractivity contribution in [3.05, 3.63) is 54.1 Å². The highest BCUT2D eigenvalue weighted by Gasteiger charge is 2.23. The Morgan fingerprint density at radius 3 is 2.25 bits per heavy atom. The zero-order valence-electron chi connectivity index (χ0n) is 18.2. The number of nitrogens with one attached hydrogen (secondary N) is 2. The average Bonchev–Trinajstić information content (AvgIpc) is 2.78. The monoisotopic (exact) mass is 460 g/mol. The normalized spacial score (nSPS) is 14.3. The van der Waals surface area contributed by atoms with Gasteiger partial charge >= 0.3 is 0 Å². The van der Waals surface area contributed by atoms with E-state index >= 15 is 0 Å². The van der Waals surface area contributed by atoms with Gasteiger partial charge in [0.05, 0.1) is 24.7 Å². The zero-order valence-corrected chi connectivity index (χ0v) is 19.0. The van der Waals surface area contributed by atoms with E-state index in [1.165, 1.54) is 38.2 Å². The van der Waals surface area contributed by atoms with E-state index in [1.807, 2.05) is 24.3 Å². The Kier molecular flexibility index (Phi) is 7.84. The highest BCUT2D eigenvalue weighted by atomic mass is 32.2. The molecule has 1 aliphatic heterocycles. The maximum atomic E-state index is 12.7. The lowest BCUT2D eigenvalue weighted by molar-refractivity contribution is -0.121. The Bertz CT molecular complexity index is 1030. The van der Waals surface area contributed by atoms with Crippen molar-refractivity contribution >= 4 is 33.2 Å². The summed E-state index contributed by atoms with van der Waals surface area (Å²) in [4.78, 5) is 25.7. The summed E-state index contributed by atoms with van der Waals surface area (Å²) in [6, 6.07) is 13.7. The predicted octanol–water partition coefficient (Wildman–Crippen LogP) is 1.42. The molecule has 2 aromatic carbocycles. The Morgan fingerprint density at radius 1 is 1.03 bits per heavy atom. The first-order valence-corrected chi connectivity index (χ1v) is 11.7. The number of nitrogens with zero attached hydrogens (tertiary/aromatic N) is 2. The molecule has 32 heavy (non-hydrogen) atoms. The van der Waals surface area contributed by atoms with Gasteiger partial charge in [-0.25, -0.2) is 8.42 Å². The van der Waals surface area contributed by atoms with Crippen LogP contribution in [0.15, 0.2) is 53.4 Å². The van der Waals surface area contributed by atoms with E-state index in [-0.39, 0.29) is 17.3 Å². The van der Waals surface area contributed by atoms with E-state index in [4.69, 9.17) is 4.74 Å². The van der Waals surface area contributed by atoms with Gasteiger partial charge in [0.2, 0.25) is 21.8 Å². The summed E-state index contributed by atoms with van der Waals surface area (Å²) in [7, 11) is -2.48. The number of hydrogen-bond acceptors (Lipinski definition) is 6. The first-order chi connectivity index (χ1) is 15.3. The molecule has 2 aromatic rings. The van der Waals surface area contributed by atoms with Crippen LogP contribution in [0.3, 0.4) is 0 Å². The number of ether oxygens (including phenoxy) is 1. The van der Waals surface area contributed by atoms with Gasteiger partial charge in [0.1, 0.15) is 0 Å². The molecule has 1 heterocycles. The third-order valence-electron chi connectivity index (χ3n) is 5.05. The van der Waals surface area contributed by atoms with Crippen molar-refractivity contribution in [1.29, 1.82) is 0 Å². The van der Waals surface area contributed by atoms with Gasteiger partial charge in [-0.1, -0.05) is 12.1 Å². The first-order valence-electron chi connectivity index (χ1n) is 10.3. The number of carbonyl (C=O) groups is 2. The van der Waals surface area contributed by atoms with Crippen LogP contribution in [0.1, 0.15) is 12.5 Å². The molecular formula is C22H28N4O5S. The highest BCUT2D eigenvalue weighted by Crippen LogP contribution is 2.18. The summed E-state index contributed by atoms with van der Waals surface area (Å²) in [5.41, 5.74) is 2.53. The van der Waals surface area contributed by atoms with Crippen LogP contribution in [0.5, 0.6) is 0 Å². The summed E-state index contributed by atoms with van der Waals surface area (Å²) >= 11 is 0. The smallest absolute Gasteiger partial charge is 0.243 e. The number of amides is 2. The second-order valence-electron chi connectivity index (χ2n) is 7.51. The molecule has 0 aromatic heterocycles. The minimum Gasteiger partial charge on any atom is -0.378 e. The van der Waals surface area contributed by atoms with Crippen LogP contribution in [0.4, 0.5) is 11.4 Å². The molecule has 2 amide bonds. The molecule has 0 saturated carbocycles. The maximum Gasteiger partial charge on any atom is 0.243 e. The predicted molar refractivity (Wildman–Crippen MR) is 122 cm³/mol. The molecule has 172 valence electrons. The molecule has 0 atom stereocenters. The van der Waals surface area contributed by atoms with E-state index in [0.717, 1.165) is 28.6 Å². The molecule has 1 saturated heterocycles. The molecule has 0 radical (unpaired) electrons. The fourth-order valence-electron chi connectivity index (χ4n) is 3.28. The van der Waals surface area contributed by atoms with Crippen molar-refractivity contribution < 1.29 is 22.7 Å². The molecule has 0 spiro atoms. The van der Waals surface area contributed by atoms with E-state index in [0.29, 0.717) is 25.4 Å². The van der Waals surface area contributed by atoms with Gasteiger partial charge in [-0.15, -0.1) is 0 Å².